The zero-order valence-corrected chi connectivity index (χ0v) is 11.4. The Kier molecular flexibility index (Phi) is 6.30. The summed E-state index contributed by atoms with van der Waals surface area (Å²) in [4.78, 5) is 11.7. The molecule has 4 N–H and O–H groups in total. The first-order valence-electron chi connectivity index (χ1n) is 6.41. The molecule has 5 heteroatoms. The lowest BCUT2D eigenvalue weighted by molar-refractivity contribution is -0.125. The maximum absolute atomic E-state index is 11.7. The van der Waals surface area contributed by atoms with Crippen molar-refractivity contribution < 1.29 is 9.90 Å². The summed E-state index contributed by atoms with van der Waals surface area (Å²) in [5.41, 5.74) is 5.11. The van der Waals surface area contributed by atoms with Crippen LogP contribution in [-0.4, -0.2) is 41.2 Å². The molecule has 1 rings (SSSR count). The van der Waals surface area contributed by atoms with Crippen LogP contribution < -0.4 is 11.1 Å². The molecular weight excluding hydrogens is 236 g/mol. The second kappa shape index (κ2) is 7.24. The number of carbonyl (C=O) groups is 1. The number of nitrogens with one attached hydrogen (secondary N) is 1. The Hall–Kier alpha value is -0.260. The Morgan fingerprint density at radius 2 is 2.35 bits per heavy atom. The standard InChI is InChI=1S/C12H24N2O2S/c1-2-14-12(11(13)16)6-3-4-10(12)5-8-17-9-7-15/h10,14-15H,2-9H2,1H3,(H2,13,16). The van der Waals surface area contributed by atoms with Crippen LogP contribution in [0, 0.1) is 5.92 Å². The van der Waals surface area contributed by atoms with Crippen LogP contribution in [0.15, 0.2) is 0 Å². The van der Waals surface area contributed by atoms with E-state index >= 15 is 0 Å². The molecule has 0 spiro atoms. The summed E-state index contributed by atoms with van der Waals surface area (Å²) in [6, 6.07) is 0. The van der Waals surface area contributed by atoms with Crippen LogP contribution in [0.1, 0.15) is 32.6 Å². The highest BCUT2D eigenvalue weighted by atomic mass is 32.2. The Bertz CT molecular complexity index is 251. The number of primary amides is 1. The van der Waals surface area contributed by atoms with Crippen molar-refractivity contribution >= 4 is 17.7 Å². The van der Waals surface area contributed by atoms with Gasteiger partial charge in [-0.25, -0.2) is 0 Å². The van der Waals surface area contributed by atoms with Gasteiger partial charge in [0.15, 0.2) is 0 Å². The summed E-state index contributed by atoms with van der Waals surface area (Å²) in [7, 11) is 0. The van der Waals surface area contributed by atoms with Gasteiger partial charge in [-0.05, 0) is 37.5 Å². The molecule has 1 amide bonds. The molecule has 0 aliphatic heterocycles. The number of amides is 1. The summed E-state index contributed by atoms with van der Waals surface area (Å²) in [6.07, 6.45) is 4.02. The number of thioether (sulfide) groups is 1. The van der Waals surface area contributed by atoms with E-state index in [0.29, 0.717) is 5.92 Å². The van der Waals surface area contributed by atoms with Crippen LogP contribution in [0.5, 0.6) is 0 Å². The van der Waals surface area contributed by atoms with Crippen molar-refractivity contribution in [3.8, 4) is 0 Å². The molecule has 1 aliphatic carbocycles. The molecule has 17 heavy (non-hydrogen) atoms. The van der Waals surface area contributed by atoms with Gasteiger partial charge in [0.2, 0.25) is 5.91 Å². The Morgan fingerprint density at radius 1 is 1.59 bits per heavy atom. The van der Waals surface area contributed by atoms with Crippen molar-refractivity contribution in [1.29, 1.82) is 0 Å². The summed E-state index contributed by atoms with van der Waals surface area (Å²) in [5.74, 6) is 1.92. The van der Waals surface area contributed by atoms with E-state index in [1.165, 1.54) is 0 Å². The number of aliphatic hydroxyl groups excluding tert-OH is 1. The number of rotatable bonds is 8. The summed E-state index contributed by atoms with van der Waals surface area (Å²) in [5, 5.41) is 12.0. The molecule has 100 valence electrons. The molecule has 1 aliphatic rings. The van der Waals surface area contributed by atoms with Crippen LogP contribution in [0.3, 0.4) is 0 Å². The second-order valence-corrected chi connectivity index (χ2v) is 5.80. The van der Waals surface area contributed by atoms with Crippen LogP contribution in [0.4, 0.5) is 0 Å². The molecule has 2 atom stereocenters. The fourth-order valence-corrected chi connectivity index (χ4v) is 3.60. The fourth-order valence-electron chi connectivity index (χ4n) is 2.82. The van der Waals surface area contributed by atoms with Gasteiger partial charge in [0, 0.05) is 5.75 Å². The van der Waals surface area contributed by atoms with Crippen molar-refractivity contribution in [2.45, 2.75) is 38.1 Å². The van der Waals surface area contributed by atoms with E-state index in [-0.39, 0.29) is 12.5 Å². The third-order valence-electron chi connectivity index (χ3n) is 3.60. The largest absolute Gasteiger partial charge is 0.396 e. The van der Waals surface area contributed by atoms with E-state index in [4.69, 9.17) is 10.8 Å². The second-order valence-electron chi connectivity index (χ2n) is 4.58. The molecule has 4 nitrogen and oxygen atoms in total. The minimum atomic E-state index is -0.478. The SMILES string of the molecule is CCNC1(C(N)=O)CCCC1CCSCCO. The van der Waals surface area contributed by atoms with E-state index < -0.39 is 5.54 Å². The molecule has 0 bridgehead atoms. The van der Waals surface area contributed by atoms with Crippen molar-refractivity contribution in [3.05, 3.63) is 0 Å². The van der Waals surface area contributed by atoms with E-state index in [1.807, 2.05) is 6.92 Å². The van der Waals surface area contributed by atoms with Crippen molar-refractivity contribution in [2.24, 2.45) is 11.7 Å². The first-order chi connectivity index (χ1) is 8.17. The van der Waals surface area contributed by atoms with Crippen LogP contribution in [0.25, 0.3) is 0 Å². The molecule has 0 heterocycles. The van der Waals surface area contributed by atoms with E-state index in [2.05, 4.69) is 5.32 Å². The first-order valence-corrected chi connectivity index (χ1v) is 7.56. The highest BCUT2D eigenvalue weighted by molar-refractivity contribution is 7.99. The Balaban J connectivity index is 2.53. The number of carbonyl (C=O) groups excluding carboxylic acids is 1. The molecule has 1 fully saturated rings. The van der Waals surface area contributed by atoms with Crippen LogP contribution in [0.2, 0.25) is 0 Å². The smallest absolute Gasteiger partial charge is 0.238 e. The van der Waals surface area contributed by atoms with E-state index in [1.54, 1.807) is 11.8 Å². The van der Waals surface area contributed by atoms with Crippen molar-refractivity contribution in [2.75, 3.05) is 24.7 Å². The lowest BCUT2D eigenvalue weighted by Crippen LogP contribution is -2.57. The topological polar surface area (TPSA) is 75.3 Å². The molecule has 0 radical (unpaired) electrons. The third-order valence-corrected chi connectivity index (χ3v) is 4.59. The van der Waals surface area contributed by atoms with Gasteiger partial charge < -0.3 is 16.2 Å². The predicted molar refractivity (Wildman–Crippen MR) is 72.0 cm³/mol. The lowest BCUT2D eigenvalue weighted by Gasteiger charge is -2.33. The number of nitrogens with two attached hydrogens (primary N) is 1. The van der Waals surface area contributed by atoms with Gasteiger partial charge in [0.1, 0.15) is 5.54 Å². The maximum Gasteiger partial charge on any atom is 0.238 e. The molecule has 0 aromatic carbocycles. The van der Waals surface area contributed by atoms with Crippen molar-refractivity contribution in [3.63, 3.8) is 0 Å². The monoisotopic (exact) mass is 260 g/mol. The average Bonchev–Trinajstić information content (AvgIpc) is 2.70. The molecule has 0 saturated heterocycles. The van der Waals surface area contributed by atoms with Crippen LogP contribution in [-0.2, 0) is 4.79 Å². The van der Waals surface area contributed by atoms with Gasteiger partial charge in [-0.3, -0.25) is 4.79 Å². The number of likely N-dealkylation sites (N-methyl/N-ethyl adjacent to an activating group) is 1. The van der Waals surface area contributed by atoms with E-state index in [0.717, 1.165) is 43.7 Å². The predicted octanol–water partition coefficient (Wildman–Crippen LogP) is 0.736. The molecular formula is C12H24N2O2S. The van der Waals surface area contributed by atoms with Gasteiger partial charge in [-0.2, -0.15) is 11.8 Å². The van der Waals surface area contributed by atoms with Gasteiger partial charge in [-0.1, -0.05) is 13.3 Å². The summed E-state index contributed by atoms with van der Waals surface area (Å²) < 4.78 is 0. The molecule has 0 aromatic heterocycles. The third kappa shape index (κ3) is 3.60. The van der Waals surface area contributed by atoms with Gasteiger partial charge in [0.25, 0.3) is 0 Å². The average molecular weight is 260 g/mol. The van der Waals surface area contributed by atoms with Gasteiger partial charge >= 0.3 is 0 Å². The van der Waals surface area contributed by atoms with Crippen LogP contribution >= 0.6 is 11.8 Å². The van der Waals surface area contributed by atoms with E-state index in [9.17, 15) is 4.79 Å². The quantitative estimate of drug-likeness (QED) is 0.563. The minimum Gasteiger partial charge on any atom is -0.396 e. The normalized spacial score (nSPS) is 28.5. The highest BCUT2D eigenvalue weighted by Crippen LogP contribution is 2.38. The maximum atomic E-state index is 11.7. The van der Waals surface area contributed by atoms with Gasteiger partial charge in [0.05, 0.1) is 6.61 Å². The fraction of sp³-hybridized carbons (Fsp3) is 0.917. The molecule has 2 unspecified atom stereocenters. The summed E-state index contributed by atoms with van der Waals surface area (Å²) in [6.45, 7) is 3.02. The number of aliphatic hydroxyl groups is 1. The highest BCUT2D eigenvalue weighted by Gasteiger charge is 2.46. The lowest BCUT2D eigenvalue weighted by atomic mass is 9.84. The Labute approximate surface area is 108 Å². The zero-order chi connectivity index (χ0) is 12.7. The summed E-state index contributed by atoms with van der Waals surface area (Å²) >= 11 is 1.74. The Morgan fingerprint density at radius 3 is 2.94 bits per heavy atom. The van der Waals surface area contributed by atoms with Gasteiger partial charge in [-0.15, -0.1) is 0 Å². The first kappa shape index (κ1) is 14.8. The number of hydrogen-bond donors (Lipinski definition) is 3. The zero-order valence-electron chi connectivity index (χ0n) is 10.6. The molecule has 1 saturated carbocycles. The number of hydrogen-bond acceptors (Lipinski definition) is 4. The molecule has 0 aromatic rings. The van der Waals surface area contributed by atoms with Crippen molar-refractivity contribution in [1.82, 2.24) is 5.32 Å². The minimum absolute atomic E-state index is 0.200.